The van der Waals surface area contributed by atoms with Crippen molar-refractivity contribution in [1.82, 2.24) is 14.9 Å². The van der Waals surface area contributed by atoms with Crippen LogP contribution in [0.4, 0.5) is 4.39 Å². The van der Waals surface area contributed by atoms with Gasteiger partial charge in [0.05, 0.1) is 11.0 Å². The highest BCUT2D eigenvalue weighted by atomic mass is 19.1. The molecule has 0 spiro atoms. The molecule has 0 radical (unpaired) electrons. The van der Waals surface area contributed by atoms with Crippen LogP contribution >= 0.6 is 0 Å². The van der Waals surface area contributed by atoms with Crippen LogP contribution in [-0.2, 0) is 6.42 Å². The largest absolute Gasteiger partial charge is 0.317 e. The Morgan fingerprint density at radius 3 is 2.73 bits per heavy atom. The Hall–Kier alpha value is -2.53. The van der Waals surface area contributed by atoms with Crippen molar-refractivity contribution in [2.45, 2.75) is 31.6 Å². The first-order chi connectivity index (χ1) is 12.7. The molecule has 1 aliphatic rings. The van der Waals surface area contributed by atoms with Crippen molar-refractivity contribution in [3.8, 4) is 0 Å². The van der Waals surface area contributed by atoms with E-state index < -0.39 is 0 Å². The number of aryl methyl sites for hydroxylation is 1. The zero-order valence-corrected chi connectivity index (χ0v) is 14.6. The van der Waals surface area contributed by atoms with Crippen molar-refractivity contribution in [1.29, 1.82) is 0 Å². The number of piperidine rings is 1. The molecule has 0 amide bonds. The second kappa shape index (κ2) is 7.38. The molecule has 0 saturated carbocycles. The number of hydrogen-bond donors (Lipinski definition) is 1. The van der Waals surface area contributed by atoms with Crippen LogP contribution in [-0.4, -0.2) is 28.5 Å². The van der Waals surface area contributed by atoms with Gasteiger partial charge in [-0.25, -0.2) is 4.39 Å². The van der Waals surface area contributed by atoms with Crippen LogP contribution in [0.5, 0.6) is 0 Å². The maximum atomic E-state index is 13.0. The van der Waals surface area contributed by atoms with Gasteiger partial charge in [0, 0.05) is 18.8 Å². The molecule has 5 heteroatoms. The van der Waals surface area contributed by atoms with Gasteiger partial charge in [-0.15, -0.1) is 0 Å². The first-order valence-electron chi connectivity index (χ1n) is 9.17. The van der Waals surface area contributed by atoms with E-state index in [1.165, 1.54) is 17.7 Å². The number of halogens is 1. The van der Waals surface area contributed by atoms with Gasteiger partial charge in [-0.1, -0.05) is 12.1 Å². The molecule has 1 N–H and O–H groups in total. The van der Waals surface area contributed by atoms with E-state index in [0.717, 1.165) is 42.5 Å². The van der Waals surface area contributed by atoms with Gasteiger partial charge >= 0.3 is 0 Å². The van der Waals surface area contributed by atoms with E-state index >= 15 is 0 Å². The molecule has 1 aromatic carbocycles. The van der Waals surface area contributed by atoms with E-state index in [2.05, 4.69) is 10.3 Å². The van der Waals surface area contributed by atoms with E-state index in [0.29, 0.717) is 18.8 Å². The van der Waals surface area contributed by atoms with Crippen molar-refractivity contribution < 1.29 is 9.18 Å². The third-order valence-corrected chi connectivity index (χ3v) is 5.18. The van der Waals surface area contributed by atoms with E-state index in [1.807, 2.05) is 18.3 Å². The number of nitrogens with one attached hydrogen (secondary N) is 1. The third-order valence-electron chi connectivity index (χ3n) is 5.18. The first-order valence-corrected chi connectivity index (χ1v) is 9.17. The monoisotopic (exact) mass is 351 g/mol. The predicted octanol–water partition coefficient (Wildman–Crippen LogP) is 3.92. The lowest BCUT2D eigenvalue weighted by molar-refractivity contribution is 0.0908. The lowest BCUT2D eigenvalue weighted by Crippen LogP contribution is -2.26. The predicted molar refractivity (Wildman–Crippen MR) is 99.9 cm³/mol. The zero-order chi connectivity index (χ0) is 17.9. The fourth-order valence-electron chi connectivity index (χ4n) is 3.74. The summed E-state index contributed by atoms with van der Waals surface area (Å²) in [5.41, 5.74) is 3.96. The van der Waals surface area contributed by atoms with Crippen LogP contribution in [0.15, 0.2) is 48.8 Å². The summed E-state index contributed by atoms with van der Waals surface area (Å²) in [6, 6.07) is 10.2. The van der Waals surface area contributed by atoms with Crippen molar-refractivity contribution in [3.63, 3.8) is 0 Å². The van der Waals surface area contributed by atoms with Crippen LogP contribution in [0, 0.1) is 5.82 Å². The number of benzene rings is 1. The molecule has 3 aromatic rings. The molecular formula is C21H22FN3O. The molecule has 1 fully saturated rings. The van der Waals surface area contributed by atoms with Gasteiger partial charge < -0.3 is 5.32 Å². The van der Waals surface area contributed by atoms with Crippen LogP contribution < -0.4 is 5.32 Å². The number of nitrogens with zero attached hydrogens (tertiary/aromatic N) is 2. The van der Waals surface area contributed by atoms with E-state index in [1.54, 1.807) is 22.9 Å². The van der Waals surface area contributed by atoms with Gasteiger partial charge in [0.15, 0.2) is 0 Å². The summed E-state index contributed by atoms with van der Waals surface area (Å²) in [6.45, 7) is 2.01. The molecule has 4 rings (SSSR count). The van der Waals surface area contributed by atoms with E-state index in [9.17, 15) is 9.18 Å². The molecule has 1 saturated heterocycles. The molecule has 4 nitrogen and oxygen atoms in total. The van der Waals surface area contributed by atoms with Crippen molar-refractivity contribution in [3.05, 3.63) is 65.7 Å². The summed E-state index contributed by atoms with van der Waals surface area (Å²) >= 11 is 0. The summed E-state index contributed by atoms with van der Waals surface area (Å²) in [5.74, 6) is 0.237. The highest BCUT2D eigenvalue weighted by Crippen LogP contribution is 2.32. The molecule has 0 unspecified atom stereocenters. The highest BCUT2D eigenvalue weighted by molar-refractivity contribution is 5.92. The molecule has 1 aliphatic heterocycles. The lowest BCUT2D eigenvalue weighted by atomic mass is 9.91. The number of carbonyl (C=O) groups excluding carboxylic acids is 1. The molecule has 134 valence electrons. The fourth-order valence-corrected chi connectivity index (χ4v) is 3.74. The average molecular weight is 351 g/mol. The van der Waals surface area contributed by atoms with E-state index in [4.69, 9.17) is 0 Å². The first kappa shape index (κ1) is 16.9. The zero-order valence-electron chi connectivity index (χ0n) is 14.6. The number of fused-ring (bicyclic) bond motifs is 1. The second-order valence-corrected chi connectivity index (χ2v) is 6.87. The van der Waals surface area contributed by atoms with Crippen molar-refractivity contribution in [2.75, 3.05) is 13.1 Å². The topological polar surface area (TPSA) is 46.9 Å². The summed E-state index contributed by atoms with van der Waals surface area (Å²) < 4.78 is 14.8. The van der Waals surface area contributed by atoms with Gasteiger partial charge in [-0.3, -0.25) is 14.3 Å². The minimum atomic E-state index is -0.255. The van der Waals surface area contributed by atoms with Crippen LogP contribution in [0.1, 0.15) is 41.1 Å². The standard InChI is InChI=1S/C21H22FN3O/c22-17-6-3-15(4-7-17)5-8-20(26)25-14-18(16-9-12-23-13-10-16)21-19(25)2-1-11-24-21/h1-4,6-7,11,14,16,23H,5,8-10,12-13H2. The minimum absolute atomic E-state index is 0.0486. The Kier molecular flexibility index (Phi) is 4.80. The SMILES string of the molecule is O=C(CCc1ccc(F)cc1)n1cc(C2CCNCC2)c2ncccc21. The summed E-state index contributed by atoms with van der Waals surface area (Å²) in [5, 5.41) is 3.38. The lowest BCUT2D eigenvalue weighted by Gasteiger charge is -2.21. The number of rotatable bonds is 4. The van der Waals surface area contributed by atoms with Gasteiger partial charge in [0.2, 0.25) is 5.91 Å². The smallest absolute Gasteiger partial charge is 0.231 e. The van der Waals surface area contributed by atoms with Gasteiger partial charge in [-0.05, 0) is 73.7 Å². The Morgan fingerprint density at radius 2 is 1.96 bits per heavy atom. The molecule has 2 aromatic heterocycles. The van der Waals surface area contributed by atoms with Crippen molar-refractivity contribution in [2.24, 2.45) is 0 Å². The maximum Gasteiger partial charge on any atom is 0.231 e. The molecular weight excluding hydrogens is 329 g/mol. The Labute approximate surface area is 152 Å². The van der Waals surface area contributed by atoms with Crippen LogP contribution in [0.3, 0.4) is 0 Å². The molecule has 0 atom stereocenters. The molecule has 26 heavy (non-hydrogen) atoms. The number of aromatic nitrogens is 2. The van der Waals surface area contributed by atoms with Gasteiger partial charge in [0.1, 0.15) is 5.82 Å². The second-order valence-electron chi connectivity index (χ2n) is 6.87. The molecule has 3 heterocycles. The minimum Gasteiger partial charge on any atom is -0.317 e. The summed E-state index contributed by atoms with van der Waals surface area (Å²) in [7, 11) is 0. The maximum absolute atomic E-state index is 13.0. The fraction of sp³-hybridized carbons (Fsp3) is 0.333. The quantitative estimate of drug-likeness (QED) is 0.775. The molecule has 0 bridgehead atoms. The summed E-state index contributed by atoms with van der Waals surface area (Å²) in [6.07, 6.45) is 6.90. The van der Waals surface area contributed by atoms with Gasteiger partial charge in [-0.2, -0.15) is 0 Å². The van der Waals surface area contributed by atoms with Crippen LogP contribution in [0.2, 0.25) is 0 Å². The van der Waals surface area contributed by atoms with Crippen LogP contribution in [0.25, 0.3) is 11.0 Å². The number of pyridine rings is 1. The third kappa shape index (κ3) is 3.40. The Bertz CT molecular complexity index is 911. The Balaban J connectivity index is 1.59. The van der Waals surface area contributed by atoms with E-state index in [-0.39, 0.29) is 11.7 Å². The van der Waals surface area contributed by atoms with Gasteiger partial charge in [0.25, 0.3) is 0 Å². The Morgan fingerprint density at radius 1 is 1.19 bits per heavy atom. The summed E-state index contributed by atoms with van der Waals surface area (Å²) in [4.78, 5) is 17.4. The highest BCUT2D eigenvalue weighted by Gasteiger charge is 2.22. The number of hydrogen-bond acceptors (Lipinski definition) is 3. The van der Waals surface area contributed by atoms with Crippen molar-refractivity contribution >= 4 is 16.9 Å². The normalized spacial score (nSPS) is 15.4. The number of carbonyl (C=O) groups is 1. The average Bonchev–Trinajstić information content (AvgIpc) is 3.08. The molecule has 0 aliphatic carbocycles.